The second kappa shape index (κ2) is 8.32. The summed E-state index contributed by atoms with van der Waals surface area (Å²) in [5, 5.41) is 4.38. The molecule has 0 atom stereocenters. The molecule has 5 aromatic rings. The first-order valence-corrected chi connectivity index (χ1v) is 10.0. The molecule has 0 aliphatic carbocycles. The van der Waals surface area contributed by atoms with Gasteiger partial charge in [0.15, 0.2) is 0 Å². The summed E-state index contributed by atoms with van der Waals surface area (Å²) in [6.45, 7) is 0.425. The molecule has 0 saturated heterocycles. The van der Waals surface area contributed by atoms with Gasteiger partial charge in [0, 0.05) is 28.4 Å². The van der Waals surface area contributed by atoms with Crippen molar-refractivity contribution in [1.29, 1.82) is 0 Å². The van der Waals surface area contributed by atoms with Crippen molar-refractivity contribution in [2.75, 3.05) is 5.32 Å². The number of fused-ring (bicyclic) bond motifs is 1. The average Bonchev–Trinajstić information content (AvgIpc) is 3.29. The van der Waals surface area contributed by atoms with Crippen molar-refractivity contribution in [3.05, 3.63) is 109 Å². The van der Waals surface area contributed by atoms with Crippen molar-refractivity contribution >= 4 is 22.3 Å². The molecule has 0 aliphatic rings. The zero-order valence-corrected chi connectivity index (χ0v) is 16.7. The van der Waals surface area contributed by atoms with E-state index in [2.05, 4.69) is 21.4 Å². The van der Waals surface area contributed by atoms with E-state index < -0.39 is 0 Å². The topological polar surface area (TPSA) is 49.9 Å². The van der Waals surface area contributed by atoms with Crippen LogP contribution in [0.5, 0.6) is 5.88 Å². The predicted octanol–water partition coefficient (Wildman–Crippen LogP) is 6.69. The molecule has 0 unspecified atom stereocenters. The molecule has 152 valence electrons. The maximum Gasteiger partial charge on any atom is 0.221 e. The Labute approximate surface area is 179 Å². The zero-order valence-electron chi connectivity index (χ0n) is 16.7. The van der Waals surface area contributed by atoms with Gasteiger partial charge in [-0.3, -0.25) is 0 Å². The molecule has 0 amide bonds. The van der Waals surface area contributed by atoms with Crippen molar-refractivity contribution in [3.8, 4) is 17.0 Å². The van der Waals surface area contributed by atoms with E-state index in [1.54, 1.807) is 18.3 Å². The van der Waals surface area contributed by atoms with Crippen molar-refractivity contribution in [3.63, 3.8) is 0 Å². The summed E-state index contributed by atoms with van der Waals surface area (Å²) in [5.41, 5.74) is 5.60. The second-order valence-electron chi connectivity index (χ2n) is 7.23. The highest BCUT2D eigenvalue weighted by Gasteiger charge is 2.14. The van der Waals surface area contributed by atoms with Gasteiger partial charge in [-0.1, -0.05) is 42.5 Å². The quantitative estimate of drug-likeness (QED) is 0.328. The molecular formula is C26H20FN3O. The minimum atomic E-state index is -0.270. The molecular weight excluding hydrogens is 389 g/mol. The first kappa shape index (κ1) is 18.9. The molecule has 2 N–H and O–H groups in total. The standard InChI is InChI=1S/C26H20FN3O/c27-19-9-11-20(12-10-19)30-21-15-24(22-7-4-8-25-23(22)13-14-28-25)26(29-16-21)31-17-18-5-2-1-3-6-18/h1-16,28,30H,17H2. The molecule has 4 nitrogen and oxygen atoms in total. The van der Waals surface area contributed by atoms with Crippen LogP contribution in [-0.4, -0.2) is 9.97 Å². The van der Waals surface area contributed by atoms with Gasteiger partial charge in [-0.25, -0.2) is 9.37 Å². The fourth-order valence-electron chi connectivity index (χ4n) is 3.57. The monoisotopic (exact) mass is 409 g/mol. The lowest BCUT2D eigenvalue weighted by Crippen LogP contribution is -2.01. The van der Waals surface area contributed by atoms with Gasteiger partial charge < -0.3 is 15.0 Å². The van der Waals surface area contributed by atoms with E-state index in [-0.39, 0.29) is 5.82 Å². The number of hydrogen-bond acceptors (Lipinski definition) is 3. The van der Waals surface area contributed by atoms with Crippen LogP contribution in [0.1, 0.15) is 5.56 Å². The third-order valence-corrected chi connectivity index (χ3v) is 5.09. The van der Waals surface area contributed by atoms with Gasteiger partial charge in [-0.05, 0) is 53.6 Å². The molecule has 3 aromatic carbocycles. The van der Waals surface area contributed by atoms with E-state index in [9.17, 15) is 4.39 Å². The maximum atomic E-state index is 13.2. The van der Waals surface area contributed by atoms with Crippen molar-refractivity contribution in [2.24, 2.45) is 0 Å². The Morgan fingerprint density at radius 1 is 0.839 bits per heavy atom. The number of rotatable bonds is 6. The van der Waals surface area contributed by atoms with Gasteiger partial charge in [-0.2, -0.15) is 0 Å². The average molecular weight is 409 g/mol. The number of nitrogens with one attached hydrogen (secondary N) is 2. The van der Waals surface area contributed by atoms with Crippen LogP contribution in [0.2, 0.25) is 0 Å². The van der Waals surface area contributed by atoms with Gasteiger partial charge in [0.05, 0.1) is 11.9 Å². The molecule has 5 rings (SSSR count). The third-order valence-electron chi connectivity index (χ3n) is 5.09. The van der Waals surface area contributed by atoms with Gasteiger partial charge in [0.2, 0.25) is 5.88 Å². The summed E-state index contributed by atoms with van der Waals surface area (Å²) < 4.78 is 19.4. The van der Waals surface area contributed by atoms with Crippen LogP contribution < -0.4 is 10.1 Å². The second-order valence-corrected chi connectivity index (χ2v) is 7.23. The Balaban J connectivity index is 1.53. The van der Waals surface area contributed by atoms with E-state index >= 15 is 0 Å². The van der Waals surface area contributed by atoms with Crippen LogP contribution in [0, 0.1) is 5.82 Å². The van der Waals surface area contributed by atoms with Crippen molar-refractivity contribution in [2.45, 2.75) is 6.61 Å². The molecule has 2 aromatic heterocycles. The Hall–Kier alpha value is -4.12. The lowest BCUT2D eigenvalue weighted by atomic mass is 10.0. The molecule has 0 radical (unpaired) electrons. The maximum absolute atomic E-state index is 13.2. The highest BCUT2D eigenvalue weighted by atomic mass is 19.1. The number of aromatic amines is 1. The first-order chi connectivity index (χ1) is 15.3. The fraction of sp³-hybridized carbons (Fsp3) is 0.0385. The number of halogens is 1. The third kappa shape index (κ3) is 4.12. The minimum absolute atomic E-state index is 0.270. The normalized spacial score (nSPS) is 10.9. The van der Waals surface area contributed by atoms with Crippen LogP contribution in [-0.2, 0) is 6.61 Å². The van der Waals surface area contributed by atoms with E-state index in [0.29, 0.717) is 12.5 Å². The summed E-state index contributed by atoms with van der Waals surface area (Å²) in [7, 11) is 0. The lowest BCUT2D eigenvalue weighted by Gasteiger charge is -2.14. The van der Waals surface area contributed by atoms with Crippen LogP contribution in [0.4, 0.5) is 15.8 Å². The van der Waals surface area contributed by atoms with Gasteiger partial charge in [0.1, 0.15) is 12.4 Å². The number of nitrogens with zero attached hydrogens (tertiary/aromatic N) is 1. The number of benzene rings is 3. The predicted molar refractivity (Wildman–Crippen MR) is 122 cm³/mol. The smallest absolute Gasteiger partial charge is 0.221 e. The number of pyridine rings is 1. The molecule has 31 heavy (non-hydrogen) atoms. The number of anilines is 2. The SMILES string of the molecule is Fc1ccc(Nc2cnc(OCc3ccccc3)c(-c3cccc4[nH]ccc34)c2)cc1. The summed E-state index contributed by atoms with van der Waals surface area (Å²) in [4.78, 5) is 7.86. The number of ether oxygens (including phenoxy) is 1. The van der Waals surface area contributed by atoms with Crippen LogP contribution in [0.15, 0.2) is 97.3 Å². The highest BCUT2D eigenvalue weighted by molar-refractivity contribution is 5.96. The van der Waals surface area contributed by atoms with Gasteiger partial charge in [-0.15, -0.1) is 0 Å². The zero-order chi connectivity index (χ0) is 21.0. The summed E-state index contributed by atoms with van der Waals surface area (Å²) in [5.74, 6) is 0.287. The summed E-state index contributed by atoms with van der Waals surface area (Å²) >= 11 is 0. The van der Waals surface area contributed by atoms with Crippen molar-refractivity contribution in [1.82, 2.24) is 9.97 Å². The van der Waals surface area contributed by atoms with Gasteiger partial charge >= 0.3 is 0 Å². The summed E-state index contributed by atoms with van der Waals surface area (Å²) in [6.07, 6.45) is 3.65. The largest absolute Gasteiger partial charge is 0.472 e. The number of hydrogen-bond donors (Lipinski definition) is 2. The Bertz CT molecular complexity index is 1310. The Morgan fingerprint density at radius 3 is 2.52 bits per heavy atom. The Morgan fingerprint density at radius 2 is 1.68 bits per heavy atom. The summed E-state index contributed by atoms with van der Waals surface area (Å²) in [6, 6.07) is 26.4. The molecule has 0 saturated carbocycles. The van der Waals surface area contributed by atoms with E-state index in [0.717, 1.165) is 39.0 Å². The van der Waals surface area contributed by atoms with E-state index in [1.165, 1.54) is 12.1 Å². The van der Waals surface area contributed by atoms with E-state index in [4.69, 9.17) is 4.74 Å². The molecule has 2 heterocycles. The molecule has 5 heteroatoms. The first-order valence-electron chi connectivity index (χ1n) is 10.0. The van der Waals surface area contributed by atoms with Gasteiger partial charge in [0.25, 0.3) is 0 Å². The van der Waals surface area contributed by atoms with Crippen LogP contribution in [0.3, 0.4) is 0 Å². The highest BCUT2D eigenvalue weighted by Crippen LogP contribution is 2.36. The number of H-pyrrole nitrogens is 1. The molecule has 0 fully saturated rings. The fourth-order valence-corrected chi connectivity index (χ4v) is 3.57. The van der Waals surface area contributed by atoms with Crippen LogP contribution in [0.25, 0.3) is 22.0 Å². The van der Waals surface area contributed by atoms with E-state index in [1.807, 2.05) is 60.8 Å². The molecule has 0 aliphatic heterocycles. The molecule has 0 spiro atoms. The number of aromatic nitrogens is 2. The minimum Gasteiger partial charge on any atom is -0.472 e. The van der Waals surface area contributed by atoms with Crippen LogP contribution >= 0.6 is 0 Å². The molecule has 0 bridgehead atoms. The Kier molecular flexibility index (Phi) is 5.07. The van der Waals surface area contributed by atoms with Crippen molar-refractivity contribution < 1.29 is 9.13 Å². The lowest BCUT2D eigenvalue weighted by molar-refractivity contribution is 0.295.